The van der Waals surface area contributed by atoms with Gasteiger partial charge in [-0.25, -0.2) is 0 Å². The first-order valence-electron chi connectivity index (χ1n) is 3.29. The van der Waals surface area contributed by atoms with Gasteiger partial charge in [0.25, 0.3) is 0 Å². The van der Waals surface area contributed by atoms with Gasteiger partial charge in [0.05, 0.1) is 6.61 Å². The molecule has 2 unspecified atom stereocenters. The minimum atomic E-state index is -0.365. The van der Waals surface area contributed by atoms with E-state index >= 15 is 0 Å². The van der Waals surface area contributed by atoms with Crippen LogP contribution in [0.5, 0.6) is 0 Å². The van der Waals surface area contributed by atoms with Gasteiger partial charge in [-0.2, -0.15) is 0 Å². The molecule has 1 N–H and O–H groups in total. The Labute approximate surface area is 70.3 Å². The maximum absolute atomic E-state index is 8.73. The molecule has 4 heteroatoms. The largest absolute Gasteiger partial charge is 0.392 e. The van der Waals surface area contributed by atoms with Crippen molar-refractivity contribution in [2.75, 3.05) is 13.7 Å². The van der Waals surface area contributed by atoms with Gasteiger partial charge in [-0.1, -0.05) is 11.6 Å². The second-order valence-corrected chi connectivity index (χ2v) is 2.70. The summed E-state index contributed by atoms with van der Waals surface area (Å²) < 4.78 is 5.00. The van der Waals surface area contributed by atoms with E-state index in [2.05, 4.69) is 4.99 Å². The van der Waals surface area contributed by atoms with Gasteiger partial charge in [0.15, 0.2) is 5.50 Å². The molecule has 11 heavy (non-hydrogen) atoms. The Bertz CT molecular complexity index is 191. The van der Waals surface area contributed by atoms with Crippen LogP contribution in [0.4, 0.5) is 0 Å². The van der Waals surface area contributed by atoms with Crippen molar-refractivity contribution < 1.29 is 9.84 Å². The number of methoxy groups -OCH3 is 1. The number of hydrogen-bond acceptors (Lipinski definition) is 3. The summed E-state index contributed by atoms with van der Waals surface area (Å²) in [6.07, 6.45) is 3.11. The van der Waals surface area contributed by atoms with Crippen LogP contribution in [0, 0.1) is 0 Å². The van der Waals surface area contributed by atoms with Crippen molar-refractivity contribution in [2.24, 2.45) is 4.99 Å². The Morgan fingerprint density at radius 2 is 2.55 bits per heavy atom. The molecule has 0 aromatic rings. The molecule has 3 nitrogen and oxygen atoms in total. The second-order valence-electron chi connectivity index (χ2n) is 2.25. The number of nitrogens with zero attached hydrogens (tertiary/aromatic N) is 1. The minimum absolute atomic E-state index is 0.0209. The van der Waals surface area contributed by atoms with Gasteiger partial charge in [-0.05, 0) is 11.6 Å². The second kappa shape index (κ2) is 3.85. The maximum Gasteiger partial charge on any atom is 0.153 e. The zero-order valence-corrected chi connectivity index (χ0v) is 6.95. The number of dihydropyridines is 1. The van der Waals surface area contributed by atoms with Crippen molar-refractivity contribution in [1.29, 1.82) is 0 Å². The van der Waals surface area contributed by atoms with E-state index in [4.69, 9.17) is 21.4 Å². The quantitative estimate of drug-likeness (QED) is 0.493. The lowest BCUT2D eigenvalue weighted by Gasteiger charge is -2.18. The smallest absolute Gasteiger partial charge is 0.153 e. The van der Waals surface area contributed by atoms with Crippen molar-refractivity contribution >= 4 is 17.8 Å². The highest BCUT2D eigenvalue weighted by molar-refractivity contribution is 6.21. The third-order valence-electron chi connectivity index (χ3n) is 1.49. The Balaban J connectivity index is 2.67. The summed E-state index contributed by atoms with van der Waals surface area (Å²) in [5.74, 6) is 0. The summed E-state index contributed by atoms with van der Waals surface area (Å²) in [7, 11) is 1.56. The highest BCUT2D eigenvalue weighted by atomic mass is 35.5. The monoisotopic (exact) mass is 175 g/mol. The van der Waals surface area contributed by atoms with Gasteiger partial charge in [0.1, 0.15) is 6.10 Å². The van der Waals surface area contributed by atoms with Gasteiger partial charge in [-0.15, -0.1) is 0 Å². The summed E-state index contributed by atoms with van der Waals surface area (Å²) in [6, 6.07) is 0. The third-order valence-corrected chi connectivity index (χ3v) is 1.85. The predicted octanol–water partition coefficient (Wildman–Crippen LogP) is 0.569. The summed E-state index contributed by atoms with van der Waals surface area (Å²) in [6.45, 7) is -0.0209. The Morgan fingerprint density at radius 3 is 3.09 bits per heavy atom. The van der Waals surface area contributed by atoms with Crippen molar-refractivity contribution in [3.63, 3.8) is 0 Å². The highest BCUT2D eigenvalue weighted by Crippen LogP contribution is 2.15. The number of aliphatic imine (C=N–C) groups is 1. The average molecular weight is 176 g/mol. The number of aliphatic hydroxyl groups is 1. The van der Waals surface area contributed by atoms with E-state index < -0.39 is 0 Å². The lowest BCUT2D eigenvalue weighted by molar-refractivity contribution is 0.136. The summed E-state index contributed by atoms with van der Waals surface area (Å²) >= 11 is 5.76. The molecule has 0 saturated carbocycles. The van der Waals surface area contributed by atoms with Crippen LogP contribution in [0.1, 0.15) is 0 Å². The van der Waals surface area contributed by atoms with Gasteiger partial charge in [0.2, 0.25) is 0 Å². The first-order valence-corrected chi connectivity index (χ1v) is 3.73. The number of alkyl halides is 1. The van der Waals surface area contributed by atoms with Crippen molar-refractivity contribution in [2.45, 2.75) is 11.6 Å². The number of halogens is 1. The van der Waals surface area contributed by atoms with Gasteiger partial charge in [0, 0.05) is 13.3 Å². The number of hydrogen-bond donors (Lipinski definition) is 1. The summed E-state index contributed by atoms with van der Waals surface area (Å²) in [5, 5.41) is 8.73. The Morgan fingerprint density at radius 1 is 1.82 bits per heavy atom. The van der Waals surface area contributed by atoms with Crippen LogP contribution in [0.25, 0.3) is 0 Å². The molecule has 0 aromatic heterocycles. The van der Waals surface area contributed by atoms with E-state index in [0.29, 0.717) is 0 Å². The topological polar surface area (TPSA) is 41.8 Å². The van der Waals surface area contributed by atoms with E-state index in [0.717, 1.165) is 5.57 Å². The highest BCUT2D eigenvalue weighted by Gasteiger charge is 2.18. The van der Waals surface area contributed by atoms with Crippen molar-refractivity contribution in [1.82, 2.24) is 0 Å². The molecule has 0 radical (unpaired) electrons. The van der Waals surface area contributed by atoms with Crippen LogP contribution in [-0.2, 0) is 4.74 Å². The lowest BCUT2D eigenvalue weighted by atomic mass is 10.2. The molecule has 1 aliphatic heterocycles. The van der Waals surface area contributed by atoms with E-state index in [9.17, 15) is 0 Å². The first-order chi connectivity index (χ1) is 5.27. The molecule has 0 amide bonds. The van der Waals surface area contributed by atoms with E-state index in [1.165, 1.54) is 0 Å². The standard InChI is InChI=1S/C7H10ClNO2/c1-11-6-2-5(4-10)3-9-7(6)8/h2-3,6-7,10H,4H2,1H3. The molecule has 62 valence electrons. The zero-order valence-electron chi connectivity index (χ0n) is 6.20. The number of ether oxygens (including phenoxy) is 1. The summed E-state index contributed by atoms with van der Waals surface area (Å²) in [5.41, 5.74) is 0.379. The van der Waals surface area contributed by atoms with Gasteiger partial charge >= 0.3 is 0 Å². The molecule has 0 fully saturated rings. The zero-order chi connectivity index (χ0) is 8.27. The van der Waals surface area contributed by atoms with Crippen LogP contribution in [0.3, 0.4) is 0 Å². The van der Waals surface area contributed by atoms with Crippen LogP contribution >= 0.6 is 11.6 Å². The molecule has 0 saturated heterocycles. The molecule has 0 spiro atoms. The molecule has 1 rings (SSSR count). The molecular formula is C7H10ClNO2. The normalized spacial score (nSPS) is 30.3. The molecule has 0 bridgehead atoms. The SMILES string of the molecule is COC1C=C(CO)C=NC1Cl. The Hall–Kier alpha value is -0.380. The first kappa shape index (κ1) is 8.71. The van der Waals surface area contributed by atoms with Crippen LogP contribution in [-0.4, -0.2) is 36.6 Å². The lowest BCUT2D eigenvalue weighted by Crippen LogP contribution is -2.23. The molecule has 0 aromatic carbocycles. The predicted molar refractivity (Wildman–Crippen MR) is 44.1 cm³/mol. The fourth-order valence-corrected chi connectivity index (χ4v) is 1.09. The van der Waals surface area contributed by atoms with E-state index in [1.807, 2.05) is 0 Å². The molecular weight excluding hydrogens is 166 g/mol. The van der Waals surface area contributed by atoms with Crippen molar-refractivity contribution in [3.05, 3.63) is 11.6 Å². The van der Waals surface area contributed by atoms with Crippen molar-refractivity contribution in [3.8, 4) is 0 Å². The maximum atomic E-state index is 8.73. The van der Waals surface area contributed by atoms with E-state index in [1.54, 1.807) is 19.4 Å². The molecule has 2 atom stereocenters. The van der Waals surface area contributed by atoms with Crippen LogP contribution in [0.15, 0.2) is 16.6 Å². The Kier molecular flexibility index (Phi) is 3.05. The number of rotatable bonds is 2. The fourth-order valence-electron chi connectivity index (χ4n) is 0.859. The molecule has 1 heterocycles. The third kappa shape index (κ3) is 2.02. The summed E-state index contributed by atoms with van der Waals surface area (Å²) in [4.78, 5) is 3.92. The van der Waals surface area contributed by atoms with Gasteiger partial charge in [-0.3, -0.25) is 4.99 Å². The van der Waals surface area contributed by atoms with Crippen LogP contribution < -0.4 is 0 Å². The van der Waals surface area contributed by atoms with Crippen LogP contribution in [0.2, 0.25) is 0 Å². The van der Waals surface area contributed by atoms with E-state index in [-0.39, 0.29) is 18.2 Å². The molecule has 1 aliphatic rings. The molecule has 0 aliphatic carbocycles. The average Bonchev–Trinajstić information content (AvgIpc) is 2.05. The van der Waals surface area contributed by atoms with Gasteiger partial charge < -0.3 is 9.84 Å². The minimum Gasteiger partial charge on any atom is -0.392 e. The number of aliphatic hydroxyl groups excluding tert-OH is 1. The fraction of sp³-hybridized carbons (Fsp3) is 0.571.